The summed E-state index contributed by atoms with van der Waals surface area (Å²) in [6, 6.07) is 14.1. The molecule has 2 aromatic heterocycles. The molecule has 5 aromatic rings. The standard InChI is InChI=1S/C33H38N8O5S/c1-40-11-13-41(14-12-40)10-5-15-46-29-19-25-23(18-28(29)45-4)31(35-20-34-25)39-33-38-24-8-6-21(16-30(24)47-33)36-32(42)37-26-17-22(43-2)7-9-27(26)44-3/h6-9,16-20H,5,10-15H2,1-4H3,(H2,36,37,42)(H,34,35,38,39). The summed E-state index contributed by atoms with van der Waals surface area (Å²) in [6.45, 7) is 5.98. The lowest BCUT2D eigenvalue weighted by Crippen LogP contribution is -2.44. The maximum absolute atomic E-state index is 12.8. The Hall–Kier alpha value is -4.92. The van der Waals surface area contributed by atoms with Gasteiger partial charge in [-0.2, -0.15) is 0 Å². The lowest BCUT2D eigenvalue weighted by molar-refractivity contribution is 0.145. The monoisotopic (exact) mass is 658 g/mol. The summed E-state index contributed by atoms with van der Waals surface area (Å²) in [5.41, 5.74) is 2.61. The molecule has 1 aliphatic heterocycles. The molecule has 14 heteroatoms. The lowest BCUT2D eigenvalue weighted by atomic mass is 10.2. The smallest absolute Gasteiger partial charge is 0.323 e. The van der Waals surface area contributed by atoms with Crippen molar-refractivity contribution in [2.45, 2.75) is 6.42 Å². The average Bonchev–Trinajstić information content (AvgIpc) is 3.48. The number of urea groups is 1. The summed E-state index contributed by atoms with van der Waals surface area (Å²) in [5.74, 6) is 2.98. The van der Waals surface area contributed by atoms with E-state index in [1.807, 2.05) is 24.3 Å². The normalized spacial score (nSPS) is 13.8. The summed E-state index contributed by atoms with van der Waals surface area (Å²) in [4.78, 5) is 31.3. The van der Waals surface area contributed by atoms with Crippen molar-refractivity contribution in [1.82, 2.24) is 24.8 Å². The molecule has 0 spiro atoms. The Kier molecular flexibility index (Phi) is 10.00. The SMILES string of the molecule is COc1ccc(OC)c(NC(=O)Nc2ccc3nc(Nc4ncnc5cc(OCCCN6CCN(C)CC6)c(OC)cc45)sc3c2)c1. The largest absolute Gasteiger partial charge is 0.497 e. The van der Waals surface area contributed by atoms with Crippen molar-refractivity contribution < 1.29 is 23.7 Å². The molecule has 0 atom stereocenters. The summed E-state index contributed by atoms with van der Waals surface area (Å²) < 4.78 is 23.3. The molecule has 3 heterocycles. The number of thiazole rings is 1. The highest BCUT2D eigenvalue weighted by molar-refractivity contribution is 7.22. The highest BCUT2D eigenvalue weighted by Crippen LogP contribution is 2.36. The second-order valence-electron chi connectivity index (χ2n) is 11.1. The van der Waals surface area contributed by atoms with E-state index in [0.29, 0.717) is 51.9 Å². The second kappa shape index (κ2) is 14.7. The fourth-order valence-electron chi connectivity index (χ4n) is 5.33. The molecule has 13 nitrogen and oxygen atoms in total. The minimum absolute atomic E-state index is 0.418. The van der Waals surface area contributed by atoms with Crippen LogP contribution in [0.2, 0.25) is 0 Å². The first-order chi connectivity index (χ1) is 22.9. The number of benzene rings is 3. The van der Waals surface area contributed by atoms with Gasteiger partial charge in [0.05, 0.1) is 49.4 Å². The fraction of sp³-hybridized carbons (Fsp3) is 0.333. The number of hydrogen-bond donors (Lipinski definition) is 3. The van der Waals surface area contributed by atoms with E-state index in [4.69, 9.17) is 23.9 Å². The van der Waals surface area contributed by atoms with Crippen LogP contribution in [0.3, 0.4) is 0 Å². The zero-order chi connectivity index (χ0) is 32.8. The molecule has 1 saturated heterocycles. The quantitative estimate of drug-likeness (QED) is 0.143. The molecular formula is C33H38N8O5S. The Bertz CT molecular complexity index is 1860. The molecule has 0 bridgehead atoms. The van der Waals surface area contributed by atoms with Crippen molar-refractivity contribution in [1.29, 1.82) is 0 Å². The van der Waals surface area contributed by atoms with Gasteiger partial charge in [-0.25, -0.2) is 19.7 Å². The van der Waals surface area contributed by atoms with E-state index in [1.165, 1.54) is 17.7 Å². The summed E-state index contributed by atoms with van der Waals surface area (Å²) in [5, 5.41) is 10.4. The van der Waals surface area contributed by atoms with Gasteiger partial charge in [0.25, 0.3) is 0 Å². The van der Waals surface area contributed by atoms with Crippen LogP contribution in [0.1, 0.15) is 6.42 Å². The molecule has 2 amide bonds. The molecule has 0 unspecified atom stereocenters. The summed E-state index contributed by atoms with van der Waals surface area (Å²) in [6.07, 6.45) is 2.44. The van der Waals surface area contributed by atoms with Crippen LogP contribution in [0.5, 0.6) is 23.0 Å². The summed E-state index contributed by atoms with van der Waals surface area (Å²) in [7, 11) is 6.89. The first kappa shape index (κ1) is 32.0. The molecule has 0 saturated carbocycles. The molecule has 1 aliphatic rings. The van der Waals surface area contributed by atoms with Crippen molar-refractivity contribution in [2.75, 3.05) is 83.7 Å². The predicted molar refractivity (Wildman–Crippen MR) is 185 cm³/mol. The van der Waals surface area contributed by atoms with Crippen molar-refractivity contribution in [3.63, 3.8) is 0 Å². The Balaban J connectivity index is 1.12. The van der Waals surface area contributed by atoms with Gasteiger partial charge < -0.3 is 44.7 Å². The van der Waals surface area contributed by atoms with Gasteiger partial charge in [0, 0.05) is 55.9 Å². The number of hydrogen-bond acceptors (Lipinski definition) is 12. The van der Waals surface area contributed by atoms with Crippen molar-refractivity contribution >= 4 is 60.8 Å². The van der Waals surface area contributed by atoms with Crippen LogP contribution in [0.15, 0.2) is 54.9 Å². The third-order valence-corrected chi connectivity index (χ3v) is 8.85. The topological polar surface area (TPSA) is 135 Å². The maximum Gasteiger partial charge on any atom is 0.323 e. The van der Waals surface area contributed by atoms with E-state index in [2.05, 4.69) is 42.8 Å². The van der Waals surface area contributed by atoms with Gasteiger partial charge in [0.15, 0.2) is 16.6 Å². The van der Waals surface area contributed by atoms with Gasteiger partial charge in [0.1, 0.15) is 23.6 Å². The minimum Gasteiger partial charge on any atom is -0.497 e. The molecule has 1 fully saturated rings. The van der Waals surface area contributed by atoms with Gasteiger partial charge in [-0.05, 0) is 49.9 Å². The Labute approximate surface area is 276 Å². The van der Waals surface area contributed by atoms with E-state index in [-0.39, 0.29) is 0 Å². The highest BCUT2D eigenvalue weighted by Gasteiger charge is 2.16. The number of amides is 2. The predicted octanol–water partition coefficient (Wildman–Crippen LogP) is 5.67. The number of anilines is 4. The number of fused-ring (bicyclic) bond motifs is 2. The highest BCUT2D eigenvalue weighted by atomic mass is 32.1. The third kappa shape index (κ3) is 7.73. The number of likely N-dealkylation sites (N-methyl/N-ethyl adjacent to an activating group) is 1. The third-order valence-electron chi connectivity index (χ3n) is 7.92. The van der Waals surface area contributed by atoms with E-state index >= 15 is 0 Å². The number of carbonyl (C=O) groups excluding carboxylic acids is 1. The number of piperazine rings is 1. The van der Waals surface area contributed by atoms with Crippen LogP contribution >= 0.6 is 11.3 Å². The maximum atomic E-state index is 12.8. The Morgan fingerprint density at radius 3 is 2.49 bits per heavy atom. The first-order valence-corrected chi connectivity index (χ1v) is 16.1. The zero-order valence-corrected chi connectivity index (χ0v) is 27.6. The molecular weight excluding hydrogens is 620 g/mol. The number of ether oxygens (including phenoxy) is 4. The van der Waals surface area contributed by atoms with Crippen LogP contribution in [0, 0.1) is 0 Å². The number of rotatable bonds is 12. The fourth-order valence-corrected chi connectivity index (χ4v) is 6.24. The molecule has 3 aromatic carbocycles. The number of aromatic nitrogens is 3. The van der Waals surface area contributed by atoms with Crippen LogP contribution in [-0.4, -0.2) is 98.5 Å². The minimum atomic E-state index is -0.418. The number of nitrogens with zero attached hydrogens (tertiary/aromatic N) is 5. The van der Waals surface area contributed by atoms with Crippen molar-refractivity contribution in [2.24, 2.45) is 0 Å². The van der Waals surface area contributed by atoms with Gasteiger partial charge in [-0.3, -0.25) is 0 Å². The average molecular weight is 659 g/mol. The molecule has 0 radical (unpaired) electrons. The van der Waals surface area contributed by atoms with Crippen molar-refractivity contribution in [3.8, 4) is 23.0 Å². The molecule has 6 rings (SSSR count). The van der Waals surface area contributed by atoms with Gasteiger partial charge >= 0.3 is 6.03 Å². The lowest BCUT2D eigenvalue weighted by Gasteiger charge is -2.32. The first-order valence-electron chi connectivity index (χ1n) is 15.3. The Morgan fingerprint density at radius 2 is 1.70 bits per heavy atom. The number of methoxy groups -OCH3 is 3. The zero-order valence-electron chi connectivity index (χ0n) is 26.8. The van der Waals surface area contributed by atoms with Gasteiger partial charge in [0.2, 0.25) is 0 Å². The van der Waals surface area contributed by atoms with Crippen LogP contribution < -0.4 is 34.9 Å². The van der Waals surface area contributed by atoms with Crippen molar-refractivity contribution in [3.05, 3.63) is 54.9 Å². The molecule has 47 heavy (non-hydrogen) atoms. The van der Waals surface area contributed by atoms with E-state index < -0.39 is 6.03 Å². The van der Waals surface area contributed by atoms with Gasteiger partial charge in [-0.15, -0.1) is 0 Å². The molecule has 246 valence electrons. The van der Waals surface area contributed by atoms with Crippen LogP contribution in [0.4, 0.5) is 27.1 Å². The van der Waals surface area contributed by atoms with Crippen LogP contribution in [0.25, 0.3) is 21.1 Å². The van der Waals surface area contributed by atoms with Crippen LogP contribution in [-0.2, 0) is 0 Å². The summed E-state index contributed by atoms with van der Waals surface area (Å²) >= 11 is 1.44. The van der Waals surface area contributed by atoms with Gasteiger partial charge in [-0.1, -0.05) is 11.3 Å². The molecule has 3 N–H and O–H groups in total. The number of nitrogens with one attached hydrogen (secondary N) is 3. The second-order valence-corrected chi connectivity index (χ2v) is 12.1. The van der Waals surface area contributed by atoms with E-state index in [9.17, 15) is 4.79 Å². The molecule has 0 aliphatic carbocycles. The number of carbonyl (C=O) groups is 1. The Morgan fingerprint density at radius 1 is 0.872 bits per heavy atom. The van der Waals surface area contributed by atoms with E-state index in [0.717, 1.165) is 60.3 Å². The van der Waals surface area contributed by atoms with E-state index in [1.54, 1.807) is 45.6 Å².